The molecule has 0 spiro atoms. The average molecular weight is 362 g/mol. The summed E-state index contributed by atoms with van der Waals surface area (Å²) in [6, 6.07) is 7.45. The normalized spacial score (nSPS) is 11.6. The Hall–Kier alpha value is -3.16. The Bertz CT molecular complexity index is 597. The summed E-state index contributed by atoms with van der Waals surface area (Å²) in [5.41, 5.74) is 12.8. The highest BCUT2D eigenvalue weighted by Crippen LogP contribution is 2.04. The van der Waals surface area contributed by atoms with Crippen LogP contribution >= 0.6 is 0 Å². The van der Waals surface area contributed by atoms with Gasteiger partial charge in [-0.15, -0.1) is 0 Å². The number of nitrogens with two attached hydrogens (primary N) is 2. The van der Waals surface area contributed by atoms with Gasteiger partial charge in [-0.2, -0.15) is 0 Å². The molecule has 1 rings (SSSR count). The van der Waals surface area contributed by atoms with Gasteiger partial charge in [0.25, 0.3) is 0 Å². The lowest BCUT2D eigenvalue weighted by Crippen LogP contribution is -2.23. The summed E-state index contributed by atoms with van der Waals surface area (Å²) in [4.78, 5) is 23.3. The Morgan fingerprint density at radius 3 is 1.50 bits per heavy atom. The van der Waals surface area contributed by atoms with Gasteiger partial charge in [-0.3, -0.25) is 9.59 Å². The van der Waals surface area contributed by atoms with E-state index in [2.05, 4.69) is 10.6 Å². The molecule has 1 aromatic rings. The summed E-state index contributed by atoms with van der Waals surface area (Å²) < 4.78 is 9.98. The lowest BCUT2D eigenvalue weighted by atomic mass is 10.1. The molecule has 0 aliphatic rings. The molecule has 0 radical (unpaired) electrons. The highest BCUT2D eigenvalue weighted by atomic mass is 16.5. The predicted octanol–water partition coefficient (Wildman–Crippen LogP) is 0.592. The molecule has 6 N–H and O–H groups in total. The minimum absolute atomic E-state index is 0.0788. The Morgan fingerprint density at radius 1 is 0.846 bits per heavy atom. The zero-order chi connectivity index (χ0) is 19.4. The molecule has 2 amide bonds. The molecule has 0 unspecified atom stereocenters. The first-order chi connectivity index (χ1) is 12.4. The second-order valence-corrected chi connectivity index (χ2v) is 5.21. The summed E-state index contributed by atoms with van der Waals surface area (Å²) in [6.07, 6.45) is 2.41. The Kier molecular flexibility index (Phi) is 9.16. The van der Waals surface area contributed by atoms with E-state index in [0.717, 1.165) is 11.1 Å². The molecule has 0 heterocycles. The van der Waals surface area contributed by atoms with E-state index in [0.29, 0.717) is 26.3 Å². The topological polar surface area (TPSA) is 129 Å². The second-order valence-electron chi connectivity index (χ2n) is 5.21. The van der Waals surface area contributed by atoms with Crippen LogP contribution in [0.25, 0.3) is 0 Å². The van der Waals surface area contributed by atoms with Crippen molar-refractivity contribution in [3.05, 3.63) is 59.3 Å². The number of carbonyl (C=O) groups is 2. The van der Waals surface area contributed by atoms with Crippen LogP contribution in [0.1, 0.15) is 25.0 Å². The van der Waals surface area contributed by atoms with Gasteiger partial charge in [0.1, 0.15) is 0 Å². The molecule has 1 aromatic carbocycles. The van der Waals surface area contributed by atoms with Crippen molar-refractivity contribution in [1.29, 1.82) is 0 Å². The largest absolute Gasteiger partial charge is 0.479 e. The van der Waals surface area contributed by atoms with Crippen molar-refractivity contribution in [2.45, 2.75) is 26.9 Å². The van der Waals surface area contributed by atoms with Crippen molar-refractivity contribution in [3.63, 3.8) is 0 Å². The number of ether oxygens (including phenoxy) is 2. The minimum atomic E-state index is -0.328. The maximum absolute atomic E-state index is 11.7. The van der Waals surface area contributed by atoms with E-state index in [-0.39, 0.29) is 23.6 Å². The molecule has 0 atom stereocenters. The average Bonchev–Trinajstić information content (AvgIpc) is 2.59. The SMILES string of the molecule is CCOC(N)=CC(=O)NCc1ccc(CNC(=O)C=C(N)OCC)cc1. The quantitative estimate of drug-likeness (QED) is 0.356. The van der Waals surface area contributed by atoms with Crippen LogP contribution in [-0.4, -0.2) is 25.0 Å². The molecule has 0 saturated carbocycles. The first-order valence-corrected chi connectivity index (χ1v) is 8.28. The molecule has 8 heteroatoms. The minimum Gasteiger partial charge on any atom is -0.479 e. The number of rotatable bonds is 10. The van der Waals surface area contributed by atoms with Gasteiger partial charge >= 0.3 is 0 Å². The summed E-state index contributed by atoms with van der Waals surface area (Å²) in [5, 5.41) is 5.42. The first-order valence-electron chi connectivity index (χ1n) is 8.28. The first kappa shape index (κ1) is 20.9. The molecule has 142 valence electrons. The van der Waals surface area contributed by atoms with E-state index in [1.54, 1.807) is 13.8 Å². The molecule has 0 aliphatic heterocycles. The van der Waals surface area contributed by atoms with Crippen LogP contribution in [0.2, 0.25) is 0 Å². The Morgan fingerprint density at radius 2 is 1.19 bits per heavy atom. The van der Waals surface area contributed by atoms with Crippen LogP contribution < -0.4 is 22.1 Å². The number of hydrogen-bond donors (Lipinski definition) is 4. The molecule has 0 aromatic heterocycles. The number of carbonyl (C=O) groups excluding carboxylic acids is 2. The highest BCUT2D eigenvalue weighted by molar-refractivity contribution is 5.88. The van der Waals surface area contributed by atoms with Crippen LogP contribution in [0.4, 0.5) is 0 Å². The summed E-state index contributed by atoms with van der Waals surface area (Å²) in [7, 11) is 0. The lowest BCUT2D eigenvalue weighted by molar-refractivity contribution is -0.117. The second kappa shape index (κ2) is 11.4. The summed E-state index contributed by atoms with van der Waals surface area (Å²) in [6.45, 7) is 5.09. The van der Waals surface area contributed by atoms with Gasteiger partial charge in [0.15, 0.2) is 11.8 Å². The van der Waals surface area contributed by atoms with E-state index in [9.17, 15) is 9.59 Å². The van der Waals surface area contributed by atoms with Crippen molar-refractivity contribution in [2.24, 2.45) is 11.5 Å². The van der Waals surface area contributed by atoms with Gasteiger partial charge in [0.2, 0.25) is 11.8 Å². The number of hydrogen-bond acceptors (Lipinski definition) is 6. The van der Waals surface area contributed by atoms with Crippen LogP contribution in [0.5, 0.6) is 0 Å². The molecule has 0 aliphatic carbocycles. The fourth-order valence-electron chi connectivity index (χ4n) is 1.93. The van der Waals surface area contributed by atoms with Gasteiger partial charge in [0, 0.05) is 13.1 Å². The maximum atomic E-state index is 11.7. The molecule has 26 heavy (non-hydrogen) atoms. The number of nitrogens with one attached hydrogen (secondary N) is 2. The molecule has 8 nitrogen and oxygen atoms in total. The van der Waals surface area contributed by atoms with Gasteiger partial charge in [0.05, 0.1) is 25.4 Å². The lowest BCUT2D eigenvalue weighted by Gasteiger charge is -2.07. The zero-order valence-corrected chi connectivity index (χ0v) is 15.1. The van der Waals surface area contributed by atoms with Crippen molar-refractivity contribution < 1.29 is 19.1 Å². The summed E-state index contributed by atoms with van der Waals surface area (Å²) in [5.74, 6) is -0.498. The highest BCUT2D eigenvalue weighted by Gasteiger charge is 2.02. The third-order valence-corrected chi connectivity index (χ3v) is 3.13. The number of amides is 2. The van der Waals surface area contributed by atoms with Crippen LogP contribution in [0.3, 0.4) is 0 Å². The smallest absolute Gasteiger partial charge is 0.249 e. The van der Waals surface area contributed by atoms with E-state index in [1.165, 1.54) is 12.2 Å². The molecular formula is C18H26N4O4. The third kappa shape index (κ3) is 8.62. The Balaban J connectivity index is 2.44. The van der Waals surface area contributed by atoms with Crippen molar-refractivity contribution in [3.8, 4) is 0 Å². The molecular weight excluding hydrogens is 336 g/mol. The standard InChI is InChI=1S/C18H26N4O4/c1-3-25-15(19)9-17(23)21-11-13-5-7-14(8-6-13)12-22-18(24)10-16(20)26-4-2/h5-10H,3-4,11-12,19-20H2,1-2H3,(H,21,23)(H,22,24). The van der Waals surface area contributed by atoms with E-state index >= 15 is 0 Å². The fourth-order valence-corrected chi connectivity index (χ4v) is 1.93. The van der Waals surface area contributed by atoms with Gasteiger partial charge < -0.3 is 31.6 Å². The maximum Gasteiger partial charge on any atom is 0.249 e. The monoisotopic (exact) mass is 362 g/mol. The van der Waals surface area contributed by atoms with Gasteiger partial charge in [-0.1, -0.05) is 24.3 Å². The molecule has 0 saturated heterocycles. The van der Waals surface area contributed by atoms with Crippen LogP contribution in [-0.2, 0) is 32.2 Å². The number of benzene rings is 1. The van der Waals surface area contributed by atoms with E-state index in [4.69, 9.17) is 20.9 Å². The van der Waals surface area contributed by atoms with Crippen molar-refractivity contribution >= 4 is 11.8 Å². The fraction of sp³-hybridized carbons (Fsp3) is 0.333. The van der Waals surface area contributed by atoms with Crippen LogP contribution in [0.15, 0.2) is 48.2 Å². The predicted molar refractivity (Wildman–Crippen MR) is 97.9 cm³/mol. The third-order valence-electron chi connectivity index (χ3n) is 3.13. The van der Waals surface area contributed by atoms with Crippen molar-refractivity contribution in [1.82, 2.24) is 10.6 Å². The summed E-state index contributed by atoms with van der Waals surface area (Å²) >= 11 is 0. The zero-order valence-electron chi connectivity index (χ0n) is 15.1. The van der Waals surface area contributed by atoms with E-state index < -0.39 is 0 Å². The van der Waals surface area contributed by atoms with Gasteiger partial charge in [-0.05, 0) is 25.0 Å². The van der Waals surface area contributed by atoms with Gasteiger partial charge in [-0.25, -0.2) is 0 Å². The van der Waals surface area contributed by atoms with E-state index in [1.807, 2.05) is 24.3 Å². The molecule has 0 bridgehead atoms. The molecule has 0 fully saturated rings. The van der Waals surface area contributed by atoms with Crippen molar-refractivity contribution in [2.75, 3.05) is 13.2 Å². The Labute approximate surface area is 153 Å². The van der Waals surface area contributed by atoms with Crippen LogP contribution in [0, 0.1) is 0 Å².